The van der Waals surface area contributed by atoms with Crippen molar-refractivity contribution in [3.8, 4) is 10.7 Å². The number of hydrogen-bond acceptors (Lipinski definition) is 5. The standard InChI is InChI=1S/C17H19N5O2S/c1-10(7-14(18)23)20-15(24)8-22-13-6-4-3-5-12(13)21-17(22)16-11(2)19-9-25-16/h3-6,9-10H,7-8H2,1-2H3,(H2,18,23)(H,20,24). The van der Waals surface area contributed by atoms with E-state index in [1.165, 1.54) is 11.3 Å². The predicted molar refractivity (Wildman–Crippen MR) is 97.0 cm³/mol. The molecule has 1 unspecified atom stereocenters. The SMILES string of the molecule is Cc1ncsc1-c1nc2ccccc2n1CC(=O)NC(C)CC(N)=O. The van der Waals surface area contributed by atoms with Crippen molar-refractivity contribution < 1.29 is 9.59 Å². The van der Waals surface area contributed by atoms with Crippen LogP contribution in [-0.2, 0) is 16.1 Å². The van der Waals surface area contributed by atoms with Crippen molar-refractivity contribution in [2.75, 3.05) is 0 Å². The van der Waals surface area contributed by atoms with Gasteiger partial charge in [-0.3, -0.25) is 9.59 Å². The Labute approximate surface area is 148 Å². The van der Waals surface area contributed by atoms with Crippen LogP contribution < -0.4 is 11.1 Å². The Morgan fingerprint density at radius 2 is 2.12 bits per heavy atom. The van der Waals surface area contributed by atoms with Gasteiger partial charge in [-0.25, -0.2) is 9.97 Å². The molecule has 1 atom stereocenters. The average molecular weight is 357 g/mol. The quantitative estimate of drug-likeness (QED) is 0.702. The molecule has 0 aliphatic heterocycles. The summed E-state index contributed by atoms with van der Waals surface area (Å²) in [5.41, 5.74) is 9.52. The van der Waals surface area contributed by atoms with E-state index in [0.29, 0.717) is 0 Å². The molecule has 3 aromatic rings. The number of rotatable bonds is 6. The molecule has 8 heteroatoms. The van der Waals surface area contributed by atoms with E-state index < -0.39 is 5.91 Å². The third-order valence-corrected chi connectivity index (χ3v) is 4.74. The largest absolute Gasteiger partial charge is 0.370 e. The van der Waals surface area contributed by atoms with Crippen LogP contribution in [0.15, 0.2) is 29.8 Å². The fraction of sp³-hybridized carbons (Fsp3) is 0.294. The van der Waals surface area contributed by atoms with Crippen LogP contribution in [0.5, 0.6) is 0 Å². The molecule has 0 saturated heterocycles. The summed E-state index contributed by atoms with van der Waals surface area (Å²) in [5, 5.41) is 2.80. The minimum absolute atomic E-state index is 0.107. The predicted octanol–water partition coefficient (Wildman–Crippen LogP) is 1.85. The number of hydrogen-bond donors (Lipinski definition) is 2. The number of fused-ring (bicyclic) bond motifs is 1. The maximum absolute atomic E-state index is 12.4. The molecule has 7 nitrogen and oxygen atoms in total. The lowest BCUT2D eigenvalue weighted by Crippen LogP contribution is -2.37. The van der Waals surface area contributed by atoms with Gasteiger partial charge in [-0.2, -0.15) is 0 Å². The number of carbonyl (C=O) groups excluding carboxylic acids is 2. The van der Waals surface area contributed by atoms with Crippen LogP contribution >= 0.6 is 11.3 Å². The normalized spacial score (nSPS) is 12.2. The first-order valence-electron chi connectivity index (χ1n) is 7.89. The second-order valence-corrected chi connectivity index (χ2v) is 6.77. The van der Waals surface area contributed by atoms with Gasteiger partial charge in [0, 0.05) is 12.5 Å². The Hall–Kier alpha value is -2.74. The number of aromatic nitrogens is 3. The number of imidazole rings is 1. The van der Waals surface area contributed by atoms with Gasteiger partial charge in [-0.15, -0.1) is 11.3 Å². The van der Waals surface area contributed by atoms with Gasteiger partial charge < -0.3 is 15.6 Å². The first kappa shape index (κ1) is 17.1. The van der Waals surface area contributed by atoms with E-state index in [4.69, 9.17) is 5.73 Å². The van der Waals surface area contributed by atoms with E-state index in [9.17, 15) is 9.59 Å². The molecule has 3 N–H and O–H groups in total. The Balaban J connectivity index is 1.93. The molecule has 25 heavy (non-hydrogen) atoms. The Bertz CT molecular complexity index is 930. The number of nitrogens with zero attached hydrogens (tertiary/aromatic N) is 3. The van der Waals surface area contributed by atoms with Gasteiger partial charge in [0.05, 0.1) is 27.1 Å². The van der Waals surface area contributed by atoms with Crippen molar-refractivity contribution in [2.45, 2.75) is 32.9 Å². The lowest BCUT2D eigenvalue weighted by atomic mass is 10.2. The zero-order valence-corrected chi connectivity index (χ0v) is 14.8. The lowest BCUT2D eigenvalue weighted by molar-refractivity contribution is -0.122. The first-order chi connectivity index (χ1) is 12.0. The summed E-state index contributed by atoms with van der Waals surface area (Å²) < 4.78 is 1.88. The van der Waals surface area contributed by atoms with Gasteiger partial charge in [0.25, 0.3) is 0 Å². The Kier molecular flexibility index (Phi) is 4.80. The fourth-order valence-corrected chi connectivity index (χ4v) is 3.54. The Morgan fingerprint density at radius 3 is 2.80 bits per heavy atom. The van der Waals surface area contributed by atoms with E-state index in [1.807, 2.05) is 35.8 Å². The second kappa shape index (κ2) is 7.02. The van der Waals surface area contributed by atoms with E-state index in [-0.39, 0.29) is 24.9 Å². The number of nitrogens with one attached hydrogen (secondary N) is 1. The first-order valence-corrected chi connectivity index (χ1v) is 8.77. The van der Waals surface area contributed by atoms with E-state index in [0.717, 1.165) is 27.4 Å². The molecular formula is C17H19N5O2S. The summed E-state index contributed by atoms with van der Waals surface area (Å²) in [6.07, 6.45) is 0.108. The highest BCUT2D eigenvalue weighted by atomic mass is 32.1. The third kappa shape index (κ3) is 3.69. The molecule has 0 aliphatic carbocycles. The molecule has 0 fully saturated rings. The van der Waals surface area contributed by atoms with Gasteiger partial charge in [0.1, 0.15) is 6.54 Å². The van der Waals surface area contributed by atoms with Crippen LogP contribution in [0.2, 0.25) is 0 Å². The van der Waals surface area contributed by atoms with Crippen molar-refractivity contribution in [3.63, 3.8) is 0 Å². The summed E-state index contributed by atoms with van der Waals surface area (Å²) in [5.74, 6) is 0.0843. The molecule has 0 aliphatic rings. The van der Waals surface area contributed by atoms with Crippen molar-refractivity contribution >= 4 is 34.2 Å². The number of para-hydroxylation sites is 2. The summed E-state index contributed by atoms with van der Waals surface area (Å²) in [6, 6.07) is 7.37. The number of amides is 2. The molecule has 3 rings (SSSR count). The molecular weight excluding hydrogens is 338 g/mol. The van der Waals surface area contributed by atoms with E-state index in [1.54, 1.807) is 12.4 Å². The number of primary amides is 1. The number of carbonyl (C=O) groups is 2. The van der Waals surface area contributed by atoms with Gasteiger partial charge in [0.2, 0.25) is 11.8 Å². The van der Waals surface area contributed by atoms with Crippen LogP contribution in [-0.4, -0.2) is 32.4 Å². The second-order valence-electron chi connectivity index (χ2n) is 5.92. The van der Waals surface area contributed by atoms with Crippen LogP contribution in [0.4, 0.5) is 0 Å². The zero-order chi connectivity index (χ0) is 18.0. The lowest BCUT2D eigenvalue weighted by Gasteiger charge is -2.14. The van der Waals surface area contributed by atoms with Crippen molar-refractivity contribution in [1.29, 1.82) is 0 Å². The number of aryl methyl sites for hydroxylation is 1. The average Bonchev–Trinajstić information content (AvgIpc) is 3.10. The monoisotopic (exact) mass is 357 g/mol. The summed E-state index contributed by atoms with van der Waals surface area (Å²) in [6.45, 7) is 3.78. The maximum atomic E-state index is 12.4. The van der Waals surface area contributed by atoms with Crippen molar-refractivity contribution in [1.82, 2.24) is 19.9 Å². The van der Waals surface area contributed by atoms with Gasteiger partial charge in [-0.05, 0) is 26.0 Å². The molecule has 0 spiro atoms. The highest BCUT2D eigenvalue weighted by Gasteiger charge is 2.19. The van der Waals surface area contributed by atoms with Gasteiger partial charge in [-0.1, -0.05) is 12.1 Å². The molecule has 2 amide bonds. The van der Waals surface area contributed by atoms with Crippen molar-refractivity contribution in [2.24, 2.45) is 5.73 Å². The fourth-order valence-electron chi connectivity index (χ4n) is 2.74. The molecule has 130 valence electrons. The molecule has 0 radical (unpaired) electrons. The van der Waals surface area contributed by atoms with Crippen molar-refractivity contribution in [3.05, 3.63) is 35.5 Å². The molecule has 2 aromatic heterocycles. The summed E-state index contributed by atoms with van der Waals surface area (Å²) in [7, 11) is 0. The van der Waals surface area contributed by atoms with Crippen LogP contribution in [0, 0.1) is 6.92 Å². The van der Waals surface area contributed by atoms with Gasteiger partial charge in [0.15, 0.2) is 5.82 Å². The zero-order valence-electron chi connectivity index (χ0n) is 14.0. The Morgan fingerprint density at radius 1 is 1.36 bits per heavy atom. The minimum Gasteiger partial charge on any atom is -0.370 e. The molecule has 2 heterocycles. The number of thiazole rings is 1. The van der Waals surface area contributed by atoms with Crippen LogP contribution in [0.1, 0.15) is 19.0 Å². The van der Waals surface area contributed by atoms with E-state index in [2.05, 4.69) is 15.3 Å². The highest BCUT2D eigenvalue weighted by molar-refractivity contribution is 7.13. The summed E-state index contributed by atoms with van der Waals surface area (Å²) >= 11 is 1.49. The molecule has 0 saturated carbocycles. The minimum atomic E-state index is -0.443. The highest BCUT2D eigenvalue weighted by Crippen LogP contribution is 2.29. The number of benzene rings is 1. The van der Waals surface area contributed by atoms with Crippen LogP contribution in [0.3, 0.4) is 0 Å². The van der Waals surface area contributed by atoms with Crippen LogP contribution in [0.25, 0.3) is 21.7 Å². The molecule has 0 bridgehead atoms. The topological polar surface area (TPSA) is 103 Å². The molecule has 1 aromatic carbocycles. The van der Waals surface area contributed by atoms with E-state index >= 15 is 0 Å². The number of nitrogens with two attached hydrogens (primary N) is 1. The maximum Gasteiger partial charge on any atom is 0.240 e. The smallest absolute Gasteiger partial charge is 0.240 e. The van der Waals surface area contributed by atoms with Gasteiger partial charge >= 0.3 is 0 Å². The summed E-state index contributed by atoms with van der Waals surface area (Å²) in [4.78, 5) is 33.3. The third-order valence-electron chi connectivity index (χ3n) is 3.82.